The van der Waals surface area contributed by atoms with E-state index in [-0.39, 0.29) is 11.8 Å². The molecular formula is C22H26N2O3. The van der Waals surface area contributed by atoms with Gasteiger partial charge in [-0.3, -0.25) is 9.59 Å². The van der Waals surface area contributed by atoms with Crippen LogP contribution in [0.3, 0.4) is 0 Å². The largest absolute Gasteiger partial charge is 0.493 e. The summed E-state index contributed by atoms with van der Waals surface area (Å²) in [6, 6.07) is 14.8. The van der Waals surface area contributed by atoms with Crippen molar-refractivity contribution in [3.05, 3.63) is 59.7 Å². The van der Waals surface area contributed by atoms with Crippen LogP contribution in [-0.4, -0.2) is 18.4 Å². The third-order valence-corrected chi connectivity index (χ3v) is 4.65. The molecule has 1 aliphatic heterocycles. The monoisotopic (exact) mass is 366 g/mol. The molecule has 0 saturated heterocycles. The van der Waals surface area contributed by atoms with Crippen molar-refractivity contribution in [3.8, 4) is 5.75 Å². The Morgan fingerprint density at radius 2 is 1.85 bits per heavy atom. The average molecular weight is 366 g/mol. The molecule has 0 fully saturated rings. The number of ether oxygens (including phenoxy) is 1. The van der Waals surface area contributed by atoms with Crippen LogP contribution in [0.25, 0.3) is 0 Å². The van der Waals surface area contributed by atoms with Crippen molar-refractivity contribution in [1.29, 1.82) is 0 Å². The molecule has 2 aromatic carbocycles. The topological polar surface area (TPSA) is 58.6 Å². The van der Waals surface area contributed by atoms with Gasteiger partial charge in [0.15, 0.2) is 0 Å². The fourth-order valence-corrected chi connectivity index (χ4v) is 3.24. The molecule has 1 atom stereocenters. The smallest absolute Gasteiger partial charge is 0.254 e. The Balaban J connectivity index is 1.83. The second kappa shape index (κ2) is 8.25. The van der Waals surface area contributed by atoms with Crippen LogP contribution >= 0.6 is 0 Å². The van der Waals surface area contributed by atoms with E-state index in [1.165, 1.54) is 6.92 Å². The van der Waals surface area contributed by atoms with E-state index in [1.807, 2.05) is 48.5 Å². The van der Waals surface area contributed by atoms with Gasteiger partial charge >= 0.3 is 0 Å². The van der Waals surface area contributed by atoms with Gasteiger partial charge in [-0.2, -0.15) is 0 Å². The van der Waals surface area contributed by atoms with Crippen molar-refractivity contribution in [2.45, 2.75) is 39.8 Å². The molecular weight excluding hydrogens is 340 g/mol. The molecule has 1 N–H and O–H groups in total. The number of anilines is 1. The van der Waals surface area contributed by atoms with Crippen molar-refractivity contribution in [2.24, 2.45) is 5.92 Å². The average Bonchev–Trinajstić information content (AvgIpc) is 2.88. The Bertz CT molecular complexity index is 832. The second-order valence-electron chi connectivity index (χ2n) is 7.26. The molecule has 0 radical (unpaired) electrons. The normalized spacial score (nSPS) is 15.8. The van der Waals surface area contributed by atoms with Crippen LogP contribution in [0.1, 0.15) is 44.4 Å². The molecule has 1 aliphatic rings. The zero-order valence-corrected chi connectivity index (χ0v) is 16.1. The summed E-state index contributed by atoms with van der Waals surface area (Å²) in [6.45, 7) is 6.81. The lowest BCUT2D eigenvalue weighted by atomic mass is 10.1. The third-order valence-electron chi connectivity index (χ3n) is 4.65. The summed E-state index contributed by atoms with van der Waals surface area (Å²) in [6.07, 6.45) is 0.977. The van der Waals surface area contributed by atoms with Crippen LogP contribution in [-0.2, 0) is 16.1 Å². The van der Waals surface area contributed by atoms with E-state index in [4.69, 9.17) is 4.74 Å². The first-order valence-corrected chi connectivity index (χ1v) is 9.35. The number of rotatable bonds is 7. The lowest BCUT2D eigenvalue weighted by molar-refractivity contribution is -0.126. The van der Waals surface area contributed by atoms with Gasteiger partial charge in [-0.05, 0) is 24.5 Å². The molecule has 0 spiro atoms. The van der Waals surface area contributed by atoms with Crippen molar-refractivity contribution in [1.82, 2.24) is 5.32 Å². The van der Waals surface area contributed by atoms with Gasteiger partial charge in [-0.1, -0.05) is 50.2 Å². The Morgan fingerprint density at radius 1 is 1.15 bits per heavy atom. The fraction of sp³-hybridized carbons (Fsp3) is 0.364. The van der Waals surface area contributed by atoms with Crippen LogP contribution in [0.5, 0.6) is 5.75 Å². The minimum Gasteiger partial charge on any atom is -0.493 e. The number of nitrogens with zero attached hydrogens (tertiary/aromatic N) is 1. The molecule has 0 bridgehead atoms. The summed E-state index contributed by atoms with van der Waals surface area (Å²) >= 11 is 0. The number of fused-ring (bicyclic) bond motifs is 1. The molecule has 27 heavy (non-hydrogen) atoms. The van der Waals surface area contributed by atoms with Crippen LogP contribution in [0.4, 0.5) is 5.69 Å². The Hall–Kier alpha value is -2.82. The lowest BCUT2D eigenvalue weighted by Gasteiger charge is -2.20. The van der Waals surface area contributed by atoms with E-state index >= 15 is 0 Å². The van der Waals surface area contributed by atoms with Gasteiger partial charge in [0, 0.05) is 23.7 Å². The molecule has 2 aromatic rings. The van der Waals surface area contributed by atoms with Gasteiger partial charge in [-0.15, -0.1) is 0 Å². The number of para-hydroxylation sites is 2. The summed E-state index contributed by atoms with van der Waals surface area (Å²) < 4.78 is 5.97. The zero-order chi connectivity index (χ0) is 19.4. The van der Waals surface area contributed by atoms with Crippen molar-refractivity contribution in [3.63, 3.8) is 0 Å². The minimum absolute atomic E-state index is 0.122. The molecule has 142 valence electrons. The van der Waals surface area contributed by atoms with Gasteiger partial charge in [0.25, 0.3) is 5.91 Å². The van der Waals surface area contributed by atoms with E-state index in [1.54, 1.807) is 4.90 Å². The second-order valence-corrected chi connectivity index (χ2v) is 7.26. The highest BCUT2D eigenvalue weighted by molar-refractivity contribution is 6.06. The summed E-state index contributed by atoms with van der Waals surface area (Å²) in [5.41, 5.74) is 2.61. The minimum atomic E-state index is -0.632. The first-order chi connectivity index (χ1) is 13.0. The zero-order valence-electron chi connectivity index (χ0n) is 16.1. The molecule has 5 nitrogen and oxygen atoms in total. The lowest BCUT2D eigenvalue weighted by Crippen LogP contribution is -2.36. The molecule has 0 aliphatic carbocycles. The summed E-state index contributed by atoms with van der Waals surface area (Å²) in [5.74, 6) is 1.03. The maximum atomic E-state index is 13.0. The fourth-order valence-electron chi connectivity index (χ4n) is 3.24. The summed E-state index contributed by atoms with van der Waals surface area (Å²) in [7, 11) is 0. The Kier molecular flexibility index (Phi) is 5.79. The van der Waals surface area contributed by atoms with E-state index in [0.29, 0.717) is 19.1 Å². The highest BCUT2D eigenvalue weighted by Crippen LogP contribution is 2.37. The van der Waals surface area contributed by atoms with Crippen LogP contribution < -0.4 is 15.0 Å². The highest BCUT2D eigenvalue weighted by atomic mass is 16.5. The number of nitrogens with one attached hydrogen (secondary N) is 1. The van der Waals surface area contributed by atoms with E-state index in [0.717, 1.165) is 29.0 Å². The van der Waals surface area contributed by atoms with E-state index in [2.05, 4.69) is 19.2 Å². The molecule has 3 rings (SSSR count). The summed E-state index contributed by atoms with van der Waals surface area (Å²) in [5, 5.41) is 2.76. The van der Waals surface area contributed by atoms with Crippen molar-refractivity contribution in [2.75, 3.05) is 11.5 Å². The van der Waals surface area contributed by atoms with Crippen LogP contribution in [0.15, 0.2) is 48.5 Å². The molecule has 1 unspecified atom stereocenters. The van der Waals surface area contributed by atoms with Crippen LogP contribution in [0, 0.1) is 5.92 Å². The predicted molar refractivity (Wildman–Crippen MR) is 106 cm³/mol. The van der Waals surface area contributed by atoms with Gasteiger partial charge in [-0.25, -0.2) is 0 Å². The molecule has 0 saturated carbocycles. The Labute approximate surface area is 160 Å². The van der Waals surface area contributed by atoms with Gasteiger partial charge in [0.05, 0.1) is 13.2 Å². The standard InChI is InChI=1S/C22H26N2O3/c1-15(2)12-13-27-20-11-7-4-8-17(20)14-24-19-10-6-5-9-18(19)21(22(24)26)23-16(3)25/h4-11,15,21H,12-14H2,1-3H3,(H,23,25). The van der Waals surface area contributed by atoms with Gasteiger partial charge < -0.3 is 15.0 Å². The van der Waals surface area contributed by atoms with Gasteiger partial charge in [0.2, 0.25) is 5.91 Å². The maximum Gasteiger partial charge on any atom is 0.254 e. The quantitative estimate of drug-likeness (QED) is 0.810. The van der Waals surface area contributed by atoms with E-state index < -0.39 is 6.04 Å². The maximum absolute atomic E-state index is 13.0. The first kappa shape index (κ1) is 19.0. The number of hydrogen-bond donors (Lipinski definition) is 1. The molecule has 2 amide bonds. The Morgan fingerprint density at radius 3 is 2.59 bits per heavy atom. The van der Waals surface area contributed by atoms with Crippen molar-refractivity contribution >= 4 is 17.5 Å². The highest BCUT2D eigenvalue weighted by Gasteiger charge is 2.37. The number of carbonyl (C=O) groups is 2. The number of hydrogen-bond acceptors (Lipinski definition) is 3. The van der Waals surface area contributed by atoms with E-state index in [9.17, 15) is 9.59 Å². The third kappa shape index (κ3) is 4.30. The number of amides is 2. The van der Waals surface area contributed by atoms with Crippen LogP contribution in [0.2, 0.25) is 0 Å². The molecule has 5 heteroatoms. The first-order valence-electron chi connectivity index (χ1n) is 9.35. The summed E-state index contributed by atoms with van der Waals surface area (Å²) in [4.78, 5) is 26.3. The number of carbonyl (C=O) groups excluding carboxylic acids is 2. The number of benzene rings is 2. The predicted octanol–water partition coefficient (Wildman–Crippen LogP) is 3.84. The molecule has 0 aromatic heterocycles. The SMILES string of the molecule is CC(=O)NC1C(=O)N(Cc2ccccc2OCCC(C)C)c2ccccc21. The van der Waals surface area contributed by atoms with Crippen molar-refractivity contribution < 1.29 is 14.3 Å². The molecule has 1 heterocycles. The van der Waals surface area contributed by atoms with Gasteiger partial charge in [0.1, 0.15) is 11.8 Å².